The summed E-state index contributed by atoms with van der Waals surface area (Å²) in [5.74, 6) is 0. The first-order valence-electron chi connectivity index (χ1n) is 16.8. The van der Waals surface area contributed by atoms with E-state index in [0.717, 1.165) is 60.9 Å². The number of para-hydroxylation sites is 1. The number of fused-ring (bicyclic) bond motifs is 11. The summed E-state index contributed by atoms with van der Waals surface area (Å²) in [5, 5.41) is 9.35. The average Bonchev–Trinajstić information content (AvgIpc) is 3.85. The maximum absolute atomic E-state index is 6.66. The largest absolute Gasteiger partial charge is 0.456 e. The molecule has 0 atom stereocenters. The molecule has 11 rings (SSSR count). The van der Waals surface area contributed by atoms with Gasteiger partial charge in [-0.3, -0.25) is 0 Å². The maximum atomic E-state index is 6.66. The second kappa shape index (κ2) is 10.6. The van der Waals surface area contributed by atoms with E-state index in [1.165, 1.54) is 42.1 Å². The van der Waals surface area contributed by atoms with Gasteiger partial charge in [0.1, 0.15) is 22.3 Å². The van der Waals surface area contributed by atoms with Gasteiger partial charge in [-0.05, 0) is 88.6 Å². The van der Waals surface area contributed by atoms with Crippen LogP contribution in [0.4, 0.5) is 17.1 Å². The number of thiophene rings is 1. The molecular formula is C46H27NO2S. The molecule has 3 heterocycles. The summed E-state index contributed by atoms with van der Waals surface area (Å²) < 4.78 is 15.4. The third kappa shape index (κ3) is 4.16. The molecular weight excluding hydrogens is 631 g/mol. The molecule has 0 aliphatic heterocycles. The number of hydrogen-bond acceptors (Lipinski definition) is 4. The molecule has 0 aliphatic rings. The Bertz CT molecular complexity index is 3090. The van der Waals surface area contributed by atoms with Crippen LogP contribution in [0.2, 0.25) is 0 Å². The summed E-state index contributed by atoms with van der Waals surface area (Å²) in [4.78, 5) is 2.33. The average molecular weight is 658 g/mol. The lowest BCUT2D eigenvalue weighted by molar-refractivity contribution is 0.669. The minimum atomic E-state index is 0.873. The molecule has 234 valence electrons. The van der Waals surface area contributed by atoms with Crippen LogP contribution < -0.4 is 4.90 Å². The van der Waals surface area contributed by atoms with E-state index in [2.05, 4.69) is 157 Å². The molecule has 50 heavy (non-hydrogen) atoms. The maximum Gasteiger partial charge on any atom is 0.144 e. The number of benzene rings is 8. The number of hydrogen-bond donors (Lipinski definition) is 0. The topological polar surface area (TPSA) is 29.5 Å². The second-order valence-corrected chi connectivity index (χ2v) is 14.0. The van der Waals surface area contributed by atoms with Crippen LogP contribution in [-0.2, 0) is 0 Å². The Labute approximate surface area is 290 Å². The lowest BCUT2D eigenvalue weighted by atomic mass is 10.0. The highest BCUT2D eigenvalue weighted by Gasteiger charge is 2.19. The van der Waals surface area contributed by atoms with Gasteiger partial charge in [0.25, 0.3) is 0 Å². The van der Waals surface area contributed by atoms with E-state index in [4.69, 9.17) is 8.83 Å². The van der Waals surface area contributed by atoms with E-state index >= 15 is 0 Å². The Morgan fingerprint density at radius 2 is 1.02 bits per heavy atom. The Balaban J connectivity index is 1.10. The van der Waals surface area contributed by atoms with Crippen LogP contribution in [-0.4, -0.2) is 0 Å². The van der Waals surface area contributed by atoms with E-state index in [1.54, 1.807) is 0 Å². The van der Waals surface area contributed by atoms with Crippen LogP contribution in [0.25, 0.3) is 85.9 Å². The van der Waals surface area contributed by atoms with Crippen molar-refractivity contribution >= 4 is 103 Å². The van der Waals surface area contributed by atoms with Gasteiger partial charge >= 0.3 is 0 Å². The van der Waals surface area contributed by atoms with Crippen LogP contribution in [0.15, 0.2) is 173 Å². The fraction of sp³-hybridized carbons (Fsp3) is 0. The Morgan fingerprint density at radius 1 is 0.380 bits per heavy atom. The second-order valence-electron chi connectivity index (χ2n) is 12.9. The van der Waals surface area contributed by atoms with Crippen molar-refractivity contribution in [2.75, 3.05) is 4.90 Å². The molecule has 8 aromatic carbocycles. The molecule has 0 spiro atoms. The van der Waals surface area contributed by atoms with Crippen molar-refractivity contribution < 1.29 is 8.83 Å². The quantitative estimate of drug-likeness (QED) is 0.189. The summed E-state index contributed by atoms with van der Waals surface area (Å²) in [6, 6.07) is 58.3. The molecule has 3 nitrogen and oxygen atoms in total. The summed E-state index contributed by atoms with van der Waals surface area (Å²) in [6.45, 7) is 0. The van der Waals surface area contributed by atoms with Gasteiger partial charge in [0.2, 0.25) is 0 Å². The molecule has 4 heteroatoms. The van der Waals surface area contributed by atoms with Crippen LogP contribution in [0.1, 0.15) is 0 Å². The van der Waals surface area contributed by atoms with Gasteiger partial charge in [-0.25, -0.2) is 0 Å². The van der Waals surface area contributed by atoms with Gasteiger partial charge in [-0.15, -0.1) is 11.3 Å². The lowest BCUT2D eigenvalue weighted by Crippen LogP contribution is -2.09. The van der Waals surface area contributed by atoms with E-state index in [9.17, 15) is 0 Å². The Morgan fingerprint density at radius 3 is 1.88 bits per heavy atom. The first kappa shape index (κ1) is 27.6. The minimum Gasteiger partial charge on any atom is -0.456 e. The van der Waals surface area contributed by atoms with Crippen LogP contribution >= 0.6 is 11.3 Å². The molecule has 0 saturated heterocycles. The predicted octanol–water partition coefficient (Wildman–Crippen LogP) is 14.1. The lowest BCUT2D eigenvalue weighted by Gasteiger charge is -2.26. The molecule has 0 bridgehead atoms. The normalized spacial score (nSPS) is 12.0. The van der Waals surface area contributed by atoms with Crippen molar-refractivity contribution in [1.82, 2.24) is 0 Å². The van der Waals surface area contributed by atoms with E-state index in [-0.39, 0.29) is 0 Å². The van der Waals surface area contributed by atoms with Gasteiger partial charge in [-0.1, -0.05) is 91.0 Å². The molecule has 0 amide bonds. The number of rotatable bonds is 4. The molecule has 0 saturated carbocycles. The summed E-state index contributed by atoms with van der Waals surface area (Å²) in [7, 11) is 0. The zero-order valence-electron chi connectivity index (χ0n) is 26.8. The van der Waals surface area contributed by atoms with Crippen molar-refractivity contribution in [3.05, 3.63) is 164 Å². The third-order valence-electron chi connectivity index (χ3n) is 10.0. The fourth-order valence-electron chi connectivity index (χ4n) is 7.64. The number of nitrogens with zero attached hydrogens (tertiary/aromatic N) is 1. The first-order valence-corrected chi connectivity index (χ1v) is 17.6. The van der Waals surface area contributed by atoms with Gasteiger partial charge in [0.05, 0.1) is 0 Å². The third-order valence-corrected chi connectivity index (χ3v) is 11.2. The highest BCUT2D eigenvalue weighted by Crippen LogP contribution is 2.46. The van der Waals surface area contributed by atoms with Gasteiger partial charge in [0, 0.05) is 64.8 Å². The van der Waals surface area contributed by atoms with E-state index in [0.29, 0.717) is 0 Å². The smallest absolute Gasteiger partial charge is 0.144 e. The van der Waals surface area contributed by atoms with Crippen molar-refractivity contribution in [1.29, 1.82) is 0 Å². The predicted molar refractivity (Wildman–Crippen MR) is 212 cm³/mol. The molecule has 0 N–H and O–H groups in total. The molecule has 0 aliphatic carbocycles. The van der Waals surface area contributed by atoms with E-state index in [1.807, 2.05) is 23.5 Å². The zero-order chi connectivity index (χ0) is 32.8. The summed E-state index contributed by atoms with van der Waals surface area (Å²) in [5.41, 5.74) is 9.23. The monoisotopic (exact) mass is 657 g/mol. The minimum absolute atomic E-state index is 0.873. The molecule has 0 unspecified atom stereocenters. The highest BCUT2D eigenvalue weighted by atomic mass is 32.1. The molecule has 0 radical (unpaired) electrons. The van der Waals surface area contributed by atoms with Crippen molar-refractivity contribution in [2.45, 2.75) is 0 Å². The van der Waals surface area contributed by atoms with Crippen LogP contribution in [0, 0.1) is 0 Å². The van der Waals surface area contributed by atoms with Gasteiger partial charge < -0.3 is 13.7 Å². The number of furan rings is 2. The first-order chi connectivity index (χ1) is 24.7. The molecule has 3 aromatic heterocycles. The Kier molecular flexibility index (Phi) is 5.83. The van der Waals surface area contributed by atoms with Gasteiger partial charge in [-0.2, -0.15) is 0 Å². The molecule has 11 aromatic rings. The Hall–Kier alpha value is -6.36. The highest BCUT2D eigenvalue weighted by molar-refractivity contribution is 7.26. The SMILES string of the molecule is c1ccc(-c2ccc(N(c3ccc4c(c3)oc3ccccc34)c3ccc4c(c3)sc3ccc5c6cc7ccccc7cc6oc5c34)cc2)cc1. The molecule has 0 fully saturated rings. The standard InChI is InChI=1S/C46H27NO2S/c1-2-8-28(9-3-1)29-14-16-32(17-15-29)47(33-18-20-36-35-12-6-7-13-40(35)48-42(36)26-33)34-19-21-38-44(27-34)50-43-23-22-37-39-24-30-10-4-5-11-31(30)25-41(39)49-46(37)45(38)43/h1-27H. The van der Waals surface area contributed by atoms with E-state index < -0.39 is 0 Å². The summed E-state index contributed by atoms with van der Waals surface area (Å²) in [6.07, 6.45) is 0. The van der Waals surface area contributed by atoms with Gasteiger partial charge in [0.15, 0.2) is 0 Å². The zero-order valence-corrected chi connectivity index (χ0v) is 27.6. The number of anilines is 3. The summed E-state index contributed by atoms with van der Waals surface area (Å²) >= 11 is 1.81. The van der Waals surface area contributed by atoms with Crippen molar-refractivity contribution in [3.8, 4) is 11.1 Å². The van der Waals surface area contributed by atoms with Crippen molar-refractivity contribution in [2.24, 2.45) is 0 Å². The van der Waals surface area contributed by atoms with Crippen LogP contribution in [0.3, 0.4) is 0 Å². The van der Waals surface area contributed by atoms with Crippen molar-refractivity contribution in [3.63, 3.8) is 0 Å². The fourth-order valence-corrected chi connectivity index (χ4v) is 8.78. The van der Waals surface area contributed by atoms with Crippen LogP contribution in [0.5, 0.6) is 0 Å².